The van der Waals surface area contributed by atoms with Gasteiger partial charge in [-0.25, -0.2) is 0 Å². The molecule has 1 rings (SSSR count). The van der Waals surface area contributed by atoms with Crippen LogP contribution in [0.3, 0.4) is 0 Å². The Morgan fingerprint density at radius 2 is 2.12 bits per heavy atom. The summed E-state index contributed by atoms with van der Waals surface area (Å²) in [5.74, 6) is 0.0245. The Morgan fingerprint density at radius 1 is 1.50 bits per heavy atom. The maximum absolute atomic E-state index is 11.3. The first kappa shape index (κ1) is 15.4. The van der Waals surface area contributed by atoms with Crippen LogP contribution in [0.5, 0.6) is 0 Å². The van der Waals surface area contributed by atoms with E-state index in [2.05, 4.69) is 24.4 Å². The van der Waals surface area contributed by atoms with Crippen molar-refractivity contribution < 1.29 is 4.79 Å². The second-order valence-electron chi connectivity index (χ2n) is 3.68. The highest BCUT2D eigenvalue weighted by Crippen LogP contribution is 2.16. The monoisotopic (exact) mass is 262 g/mol. The van der Waals surface area contributed by atoms with Crippen LogP contribution in [-0.4, -0.2) is 11.9 Å². The van der Waals surface area contributed by atoms with Gasteiger partial charge < -0.3 is 11.1 Å². The third-order valence-corrected chi connectivity index (χ3v) is 3.26. The van der Waals surface area contributed by atoms with Crippen molar-refractivity contribution in [1.82, 2.24) is 5.32 Å². The van der Waals surface area contributed by atoms with Crippen molar-refractivity contribution in [3.05, 3.63) is 21.9 Å². The van der Waals surface area contributed by atoms with Crippen molar-refractivity contribution in [3.63, 3.8) is 0 Å². The number of amides is 1. The van der Waals surface area contributed by atoms with Crippen LogP contribution < -0.4 is 11.1 Å². The molecule has 0 aliphatic carbocycles. The lowest BCUT2D eigenvalue weighted by atomic mass is 10.2. The lowest BCUT2D eigenvalue weighted by molar-refractivity contribution is -0.121. The topological polar surface area (TPSA) is 55.1 Å². The van der Waals surface area contributed by atoms with Gasteiger partial charge in [0.15, 0.2) is 0 Å². The van der Waals surface area contributed by atoms with Crippen LogP contribution in [0.25, 0.3) is 0 Å². The predicted molar refractivity (Wildman–Crippen MR) is 71.1 cm³/mol. The molecule has 0 aliphatic rings. The smallest absolute Gasteiger partial charge is 0.221 e. The summed E-state index contributed by atoms with van der Waals surface area (Å²) < 4.78 is 0. The highest BCUT2D eigenvalue weighted by atomic mass is 35.5. The van der Waals surface area contributed by atoms with E-state index in [1.807, 2.05) is 6.92 Å². The number of halogens is 1. The van der Waals surface area contributed by atoms with Gasteiger partial charge in [-0.2, -0.15) is 0 Å². The summed E-state index contributed by atoms with van der Waals surface area (Å²) >= 11 is 1.75. The molecule has 3 nitrogen and oxygen atoms in total. The normalized spacial score (nSPS) is 11.7. The van der Waals surface area contributed by atoms with Crippen LogP contribution in [0, 0.1) is 0 Å². The Balaban J connectivity index is 0.00000225. The molecule has 1 amide bonds. The van der Waals surface area contributed by atoms with Crippen LogP contribution in [0.1, 0.15) is 30.0 Å². The van der Waals surface area contributed by atoms with Crippen LogP contribution in [0.2, 0.25) is 0 Å². The van der Waals surface area contributed by atoms with Crippen LogP contribution in [-0.2, 0) is 17.8 Å². The number of nitrogens with one attached hydrogen (secondary N) is 1. The standard InChI is InChI=1S/C11H18N2OS.ClH/c1-3-9-4-5-10(15-9)7-13-11(14)6-8(2)12;/h4-5,8H,3,6-7,12H2,1-2H3,(H,13,14);1H. The number of rotatable bonds is 5. The molecule has 1 unspecified atom stereocenters. The fourth-order valence-electron chi connectivity index (χ4n) is 1.26. The molecular formula is C11H19ClN2OS. The fourth-order valence-corrected chi connectivity index (χ4v) is 2.16. The molecule has 5 heteroatoms. The van der Waals surface area contributed by atoms with Crippen molar-refractivity contribution in [2.24, 2.45) is 5.73 Å². The quantitative estimate of drug-likeness (QED) is 0.854. The molecule has 0 radical (unpaired) electrons. The Kier molecular flexibility index (Phi) is 7.38. The van der Waals surface area contributed by atoms with E-state index in [4.69, 9.17) is 5.73 Å². The molecule has 3 N–H and O–H groups in total. The van der Waals surface area contributed by atoms with Crippen LogP contribution in [0.15, 0.2) is 12.1 Å². The minimum absolute atomic E-state index is 0. The van der Waals surface area contributed by atoms with Crippen molar-refractivity contribution >= 4 is 29.7 Å². The minimum atomic E-state index is -0.0699. The average Bonchev–Trinajstić information content (AvgIpc) is 2.61. The maximum Gasteiger partial charge on any atom is 0.221 e. The lowest BCUT2D eigenvalue weighted by Gasteiger charge is -2.05. The van der Waals surface area contributed by atoms with E-state index in [0.717, 1.165) is 6.42 Å². The molecular weight excluding hydrogens is 244 g/mol. The Labute approximate surface area is 107 Å². The third kappa shape index (κ3) is 5.49. The molecule has 1 aromatic rings. The van der Waals surface area contributed by atoms with Crippen LogP contribution >= 0.6 is 23.7 Å². The van der Waals surface area contributed by atoms with E-state index in [9.17, 15) is 4.79 Å². The highest BCUT2D eigenvalue weighted by Gasteiger charge is 2.05. The van der Waals surface area contributed by atoms with Gasteiger partial charge in [-0.15, -0.1) is 23.7 Å². The Hall–Kier alpha value is -0.580. The molecule has 0 aliphatic heterocycles. The zero-order valence-electron chi connectivity index (χ0n) is 9.66. The summed E-state index contributed by atoms with van der Waals surface area (Å²) in [5.41, 5.74) is 5.53. The van der Waals surface area contributed by atoms with Gasteiger partial charge in [-0.3, -0.25) is 4.79 Å². The number of hydrogen-bond acceptors (Lipinski definition) is 3. The summed E-state index contributed by atoms with van der Waals surface area (Å²) in [4.78, 5) is 13.9. The Morgan fingerprint density at radius 3 is 2.62 bits per heavy atom. The molecule has 1 aromatic heterocycles. The molecule has 0 fully saturated rings. The van der Waals surface area contributed by atoms with E-state index < -0.39 is 0 Å². The van der Waals surface area contributed by atoms with E-state index in [-0.39, 0.29) is 24.4 Å². The first-order valence-corrected chi connectivity index (χ1v) is 6.03. The largest absolute Gasteiger partial charge is 0.351 e. The van der Waals surface area contributed by atoms with Gasteiger partial charge >= 0.3 is 0 Å². The highest BCUT2D eigenvalue weighted by molar-refractivity contribution is 7.11. The second kappa shape index (κ2) is 7.65. The molecule has 1 atom stereocenters. The molecule has 0 saturated carbocycles. The van der Waals surface area contributed by atoms with Gasteiger partial charge in [-0.05, 0) is 25.5 Å². The first-order chi connectivity index (χ1) is 7.11. The molecule has 0 aromatic carbocycles. The molecule has 0 spiro atoms. The zero-order chi connectivity index (χ0) is 11.3. The summed E-state index contributed by atoms with van der Waals surface area (Å²) in [6, 6.07) is 4.10. The van der Waals surface area contributed by atoms with Gasteiger partial charge in [0.25, 0.3) is 0 Å². The third-order valence-electron chi connectivity index (χ3n) is 2.03. The van der Waals surface area contributed by atoms with Gasteiger partial charge in [0, 0.05) is 22.2 Å². The van der Waals surface area contributed by atoms with E-state index in [1.54, 1.807) is 11.3 Å². The van der Waals surface area contributed by atoms with Crippen molar-refractivity contribution in [2.75, 3.05) is 0 Å². The number of carbonyl (C=O) groups is 1. The SMILES string of the molecule is CCc1ccc(CNC(=O)CC(C)N)s1.Cl. The van der Waals surface area contributed by atoms with E-state index in [1.165, 1.54) is 9.75 Å². The molecule has 0 bridgehead atoms. The fraction of sp³-hybridized carbons (Fsp3) is 0.545. The Bertz CT molecular complexity index is 326. The summed E-state index contributed by atoms with van der Waals surface area (Å²) in [5, 5.41) is 2.86. The maximum atomic E-state index is 11.3. The van der Waals surface area contributed by atoms with E-state index in [0.29, 0.717) is 13.0 Å². The summed E-state index contributed by atoms with van der Waals surface area (Å²) in [7, 11) is 0. The van der Waals surface area contributed by atoms with Gasteiger partial charge in [-0.1, -0.05) is 6.92 Å². The minimum Gasteiger partial charge on any atom is -0.351 e. The van der Waals surface area contributed by atoms with Gasteiger partial charge in [0.05, 0.1) is 6.54 Å². The molecule has 0 saturated heterocycles. The number of aryl methyl sites for hydroxylation is 1. The van der Waals surface area contributed by atoms with E-state index >= 15 is 0 Å². The second-order valence-corrected chi connectivity index (χ2v) is 4.93. The van der Waals surface area contributed by atoms with Gasteiger partial charge in [0.2, 0.25) is 5.91 Å². The summed E-state index contributed by atoms with van der Waals surface area (Å²) in [6.07, 6.45) is 1.45. The van der Waals surface area contributed by atoms with Crippen molar-refractivity contribution in [1.29, 1.82) is 0 Å². The van der Waals surface area contributed by atoms with Crippen molar-refractivity contribution in [2.45, 2.75) is 39.3 Å². The number of hydrogen-bond donors (Lipinski definition) is 2. The molecule has 92 valence electrons. The lowest BCUT2D eigenvalue weighted by Crippen LogP contribution is -2.29. The zero-order valence-corrected chi connectivity index (χ0v) is 11.3. The average molecular weight is 263 g/mol. The summed E-state index contributed by atoms with van der Waals surface area (Å²) in [6.45, 7) is 4.58. The first-order valence-electron chi connectivity index (χ1n) is 5.21. The van der Waals surface area contributed by atoms with Crippen molar-refractivity contribution in [3.8, 4) is 0 Å². The number of thiophene rings is 1. The van der Waals surface area contributed by atoms with Gasteiger partial charge in [0.1, 0.15) is 0 Å². The number of carbonyl (C=O) groups excluding carboxylic acids is 1. The number of nitrogens with two attached hydrogens (primary N) is 1. The van der Waals surface area contributed by atoms with Crippen LogP contribution in [0.4, 0.5) is 0 Å². The molecule has 16 heavy (non-hydrogen) atoms. The predicted octanol–water partition coefficient (Wildman–Crippen LogP) is 2.09. The molecule has 1 heterocycles.